The van der Waals surface area contributed by atoms with Crippen LogP contribution in [0.4, 0.5) is 18.9 Å². The predicted molar refractivity (Wildman–Crippen MR) is 142 cm³/mol. The van der Waals surface area contributed by atoms with E-state index in [1.54, 1.807) is 12.1 Å². The maximum atomic E-state index is 13.9. The molecule has 3 aromatic carbocycles. The molecule has 2 unspecified atom stereocenters. The van der Waals surface area contributed by atoms with Crippen molar-refractivity contribution in [2.24, 2.45) is 5.92 Å². The molecule has 3 aromatic rings. The first-order valence-electron chi connectivity index (χ1n) is 10.6. The van der Waals surface area contributed by atoms with Crippen molar-refractivity contribution in [3.8, 4) is 0 Å². The quantitative estimate of drug-likeness (QED) is 0.216. The molecule has 0 spiro atoms. The van der Waals surface area contributed by atoms with Crippen molar-refractivity contribution in [1.82, 2.24) is 0 Å². The Morgan fingerprint density at radius 3 is 2.22 bits per heavy atom. The Bertz CT molecular complexity index is 1440. The number of anilines is 1. The molecular formula is C26H15Cl5F3NO2. The normalized spacial score (nSPS) is 17.8. The summed E-state index contributed by atoms with van der Waals surface area (Å²) in [5, 5.41) is 3.44. The van der Waals surface area contributed by atoms with Gasteiger partial charge in [-0.05, 0) is 59.7 Å². The molecule has 0 radical (unpaired) electrons. The number of nitrogens with one attached hydrogen (secondary N) is 1. The van der Waals surface area contributed by atoms with Gasteiger partial charge in [0.2, 0.25) is 5.91 Å². The second-order valence-corrected chi connectivity index (χ2v) is 11.2. The number of halogens is 8. The highest BCUT2D eigenvalue weighted by molar-refractivity contribution is 6.53. The average molecular weight is 608 g/mol. The van der Waals surface area contributed by atoms with E-state index in [0.717, 1.165) is 12.1 Å². The van der Waals surface area contributed by atoms with Crippen LogP contribution in [0.25, 0.3) is 5.83 Å². The lowest BCUT2D eigenvalue weighted by Crippen LogP contribution is -2.17. The van der Waals surface area contributed by atoms with Gasteiger partial charge in [0.1, 0.15) is 10.2 Å². The molecule has 192 valence electrons. The Kier molecular flexibility index (Phi) is 7.89. The molecule has 0 heterocycles. The number of carbonyl (C=O) groups is 2. The summed E-state index contributed by atoms with van der Waals surface area (Å²) in [6.07, 6.45) is -0.415. The zero-order chi connectivity index (χ0) is 27.2. The Morgan fingerprint density at radius 1 is 0.946 bits per heavy atom. The molecule has 0 saturated heterocycles. The van der Waals surface area contributed by atoms with Crippen LogP contribution in [0.15, 0.2) is 55.1 Å². The lowest BCUT2D eigenvalue weighted by atomic mass is 10.00. The highest BCUT2D eigenvalue weighted by Crippen LogP contribution is 2.65. The van der Waals surface area contributed by atoms with E-state index in [1.165, 1.54) is 24.3 Å². The minimum Gasteiger partial charge on any atom is -0.326 e. The number of benzene rings is 3. The van der Waals surface area contributed by atoms with E-state index >= 15 is 0 Å². The SMILES string of the molecule is C=C(F)c1cc(CC(=O)c2cc(NC(=O)C3C(c4cc(Cl)cc(Cl)c4)C3(Cl)Cl)ccc2Cl)cc(F)c1F. The molecule has 0 bridgehead atoms. The maximum absolute atomic E-state index is 13.9. The van der Waals surface area contributed by atoms with Crippen molar-refractivity contribution in [3.05, 3.63) is 104 Å². The van der Waals surface area contributed by atoms with Gasteiger partial charge < -0.3 is 5.32 Å². The number of amides is 1. The largest absolute Gasteiger partial charge is 0.326 e. The van der Waals surface area contributed by atoms with Crippen LogP contribution in [-0.4, -0.2) is 16.0 Å². The fourth-order valence-corrected chi connectivity index (χ4v) is 5.68. The molecule has 1 amide bonds. The fourth-order valence-electron chi connectivity index (χ4n) is 4.08. The van der Waals surface area contributed by atoms with Crippen LogP contribution in [0.2, 0.25) is 15.1 Å². The standard InChI is InChI=1S/C26H15Cl5F3NO2/c1-11(32)17-4-12(5-20(33)24(17)34)6-21(36)18-10-16(2-3-19(18)29)35-25(37)23-22(26(23,30)31)13-7-14(27)9-15(28)8-13/h2-5,7-10,22-23H,1,6H2,(H,35,37). The molecule has 0 aromatic heterocycles. The van der Waals surface area contributed by atoms with E-state index in [1.807, 2.05) is 0 Å². The van der Waals surface area contributed by atoms with Crippen LogP contribution in [0.1, 0.15) is 33.0 Å². The van der Waals surface area contributed by atoms with Crippen molar-refractivity contribution in [3.63, 3.8) is 0 Å². The van der Waals surface area contributed by atoms with Gasteiger partial charge in [0, 0.05) is 39.2 Å². The fraction of sp³-hybridized carbons (Fsp3) is 0.154. The lowest BCUT2D eigenvalue weighted by Gasteiger charge is -2.10. The molecule has 2 atom stereocenters. The topological polar surface area (TPSA) is 46.2 Å². The van der Waals surface area contributed by atoms with E-state index in [9.17, 15) is 22.8 Å². The van der Waals surface area contributed by atoms with Crippen LogP contribution < -0.4 is 5.32 Å². The molecule has 3 nitrogen and oxygen atoms in total. The Balaban J connectivity index is 1.53. The van der Waals surface area contributed by atoms with Crippen LogP contribution in [0, 0.1) is 17.6 Å². The first-order chi connectivity index (χ1) is 17.3. The summed E-state index contributed by atoms with van der Waals surface area (Å²) in [6.45, 7) is 2.97. The van der Waals surface area contributed by atoms with Crippen LogP contribution >= 0.6 is 58.0 Å². The smallest absolute Gasteiger partial charge is 0.231 e. The lowest BCUT2D eigenvalue weighted by molar-refractivity contribution is -0.117. The monoisotopic (exact) mass is 605 g/mol. The number of hydrogen-bond donors (Lipinski definition) is 1. The first kappa shape index (κ1) is 27.8. The maximum Gasteiger partial charge on any atom is 0.231 e. The third kappa shape index (κ3) is 5.79. The third-order valence-electron chi connectivity index (χ3n) is 5.86. The van der Waals surface area contributed by atoms with Gasteiger partial charge in [-0.1, -0.05) is 41.4 Å². The highest BCUT2D eigenvalue weighted by Gasteiger charge is 2.67. The van der Waals surface area contributed by atoms with Crippen LogP contribution in [0.5, 0.6) is 0 Å². The molecule has 1 aliphatic rings. The Labute approximate surface area is 235 Å². The summed E-state index contributed by atoms with van der Waals surface area (Å²) < 4.78 is 39.7. The molecule has 1 aliphatic carbocycles. The molecular weight excluding hydrogens is 593 g/mol. The number of rotatable bonds is 7. The van der Waals surface area contributed by atoms with E-state index in [-0.39, 0.29) is 21.8 Å². The minimum absolute atomic E-state index is 0.00167. The number of hydrogen-bond acceptors (Lipinski definition) is 2. The molecule has 4 rings (SSSR count). The Morgan fingerprint density at radius 2 is 1.59 bits per heavy atom. The second kappa shape index (κ2) is 10.5. The summed E-state index contributed by atoms with van der Waals surface area (Å²) >= 11 is 31.1. The van der Waals surface area contributed by atoms with Crippen LogP contribution in [-0.2, 0) is 11.2 Å². The summed E-state index contributed by atoms with van der Waals surface area (Å²) in [4.78, 5) is 25.9. The number of alkyl halides is 2. The highest BCUT2D eigenvalue weighted by atomic mass is 35.5. The number of ketones is 1. The van der Waals surface area contributed by atoms with Gasteiger partial charge in [-0.3, -0.25) is 9.59 Å². The Hall–Kier alpha value is -2.22. The molecule has 37 heavy (non-hydrogen) atoms. The minimum atomic E-state index is -1.41. The number of Topliss-reactive ketones (excluding diaryl/α,β-unsaturated/α-hetero) is 1. The first-order valence-corrected chi connectivity index (χ1v) is 12.5. The molecule has 0 aliphatic heterocycles. The van der Waals surface area contributed by atoms with Crippen molar-refractivity contribution in [2.75, 3.05) is 5.32 Å². The third-order valence-corrected chi connectivity index (χ3v) is 7.57. The molecule has 1 N–H and O–H groups in total. The van der Waals surface area contributed by atoms with Gasteiger partial charge in [-0.25, -0.2) is 13.2 Å². The molecule has 11 heteroatoms. The van der Waals surface area contributed by atoms with Crippen molar-refractivity contribution in [2.45, 2.75) is 16.7 Å². The van der Waals surface area contributed by atoms with Crippen molar-refractivity contribution < 1.29 is 22.8 Å². The van der Waals surface area contributed by atoms with E-state index < -0.39 is 57.3 Å². The average Bonchev–Trinajstić information content (AvgIpc) is 3.38. The van der Waals surface area contributed by atoms with Crippen molar-refractivity contribution in [1.29, 1.82) is 0 Å². The van der Waals surface area contributed by atoms with Gasteiger partial charge in [0.05, 0.1) is 10.9 Å². The van der Waals surface area contributed by atoms with E-state index in [2.05, 4.69) is 11.9 Å². The van der Waals surface area contributed by atoms with Gasteiger partial charge in [0.15, 0.2) is 17.4 Å². The van der Waals surface area contributed by atoms with Gasteiger partial charge in [-0.15, -0.1) is 23.2 Å². The summed E-state index contributed by atoms with van der Waals surface area (Å²) in [5.41, 5.74) is 0.150. The molecule has 1 fully saturated rings. The van der Waals surface area contributed by atoms with Gasteiger partial charge in [0.25, 0.3) is 0 Å². The summed E-state index contributed by atoms with van der Waals surface area (Å²) in [7, 11) is 0. The van der Waals surface area contributed by atoms with E-state index in [4.69, 9.17) is 58.0 Å². The summed E-state index contributed by atoms with van der Waals surface area (Å²) in [6, 6.07) is 10.7. The summed E-state index contributed by atoms with van der Waals surface area (Å²) in [5.74, 6) is -6.41. The van der Waals surface area contributed by atoms with Gasteiger partial charge in [-0.2, -0.15) is 0 Å². The van der Waals surface area contributed by atoms with Crippen molar-refractivity contribution >= 4 is 81.2 Å². The number of carbonyl (C=O) groups excluding carboxylic acids is 2. The van der Waals surface area contributed by atoms with E-state index in [0.29, 0.717) is 15.6 Å². The predicted octanol–water partition coefficient (Wildman–Crippen LogP) is 8.82. The van der Waals surface area contributed by atoms with Crippen LogP contribution in [0.3, 0.4) is 0 Å². The zero-order valence-electron chi connectivity index (χ0n) is 18.5. The second-order valence-electron chi connectivity index (χ2n) is 8.46. The molecule has 1 saturated carbocycles. The van der Waals surface area contributed by atoms with Gasteiger partial charge >= 0.3 is 0 Å². The zero-order valence-corrected chi connectivity index (χ0v) is 22.3.